The van der Waals surface area contributed by atoms with Crippen LogP contribution in [0.15, 0.2) is 60.2 Å². The normalized spacial score (nSPS) is 18.0. The number of carbonyl (C=O) groups is 1. The molecule has 0 fully saturated rings. The molecule has 0 radical (unpaired) electrons. The Hall–Kier alpha value is -2.09. The molecule has 1 heterocycles. The first-order chi connectivity index (χ1) is 9.34. The van der Waals surface area contributed by atoms with Crippen LogP contribution in [-0.2, 0) is 11.2 Å². The summed E-state index contributed by atoms with van der Waals surface area (Å²) in [5.74, 6) is 0.227. The average Bonchev–Trinajstić information content (AvgIpc) is 2.71. The van der Waals surface area contributed by atoms with E-state index in [-0.39, 0.29) is 5.91 Å². The third-order valence-corrected chi connectivity index (χ3v) is 3.61. The van der Waals surface area contributed by atoms with E-state index in [1.807, 2.05) is 29.2 Å². The second kappa shape index (κ2) is 5.27. The molecule has 0 atom stereocenters. The van der Waals surface area contributed by atoms with Gasteiger partial charge < -0.3 is 4.90 Å². The van der Waals surface area contributed by atoms with Gasteiger partial charge in [0.2, 0.25) is 5.91 Å². The van der Waals surface area contributed by atoms with Crippen LogP contribution in [-0.4, -0.2) is 12.5 Å². The molecule has 3 rings (SSSR count). The zero-order chi connectivity index (χ0) is 13.1. The smallest absolute Gasteiger partial charge is 0.227 e. The van der Waals surface area contributed by atoms with Gasteiger partial charge in [0.1, 0.15) is 0 Å². The molecule has 1 aromatic carbocycles. The van der Waals surface area contributed by atoms with Crippen LogP contribution in [0.1, 0.15) is 18.4 Å². The fourth-order valence-corrected chi connectivity index (χ4v) is 2.59. The molecule has 2 aliphatic rings. The van der Waals surface area contributed by atoms with Crippen LogP contribution in [0.3, 0.4) is 0 Å². The van der Waals surface area contributed by atoms with Crippen molar-refractivity contribution in [3.8, 4) is 0 Å². The Kier molecular flexibility index (Phi) is 3.32. The predicted molar refractivity (Wildman–Crippen MR) is 78.1 cm³/mol. The number of amides is 1. The van der Waals surface area contributed by atoms with Gasteiger partial charge in [0.05, 0.1) is 6.54 Å². The number of nitrogens with zero attached hydrogens (tertiary/aromatic N) is 1. The third kappa shape index (κ3) is 2.53. The molecule has 1 aliphatic heterocycles. The maximum Gasteiger partial charge on any atom is 0.227 e. The van der Waals surface area contributed by atoms with Crippen LogP contribution in [0, 0.1) is 0 Å². The van der Waals surface area contributed by atoms with E-state index in [1.165, 1.54) is 11.1 Å². The highest BCUT2D eigenvalue weighted by Gasteiger charge is 2.23. The summed E-state index contributed by atoms with van der Waals surface area (Å²) in [7, 11) is 0. The number of hydrogen-bond acceptors (Lipinski definition) is 1. The lowest BCUT2D eigenvalue weighted by Crippen LogP contribution is -2.36. The lowest BCUT2D eigenvalue weighted by atomic mass is 10.0. The number of fused-ring (bicyclic) bond motifs is 1. The summed E-state index contributed by atoms with van der Waals surface area (Å²) in [6.45, 7) is 0.675. The third-order valence-electron chi connectivity index (χ3n) is 3.61. The highest BCUT2D eigenvalue weighted by atomic mass is 16.2. The summed E-state index contributed by atoms with van der Waals surface area (Å²) < 4.78 is 0. The van der Waals surface area contributed by atoms with Gasteiger partial charge in [0, 0.05) is 12.1 Å². The number of allylic oxidation sites excluding steroid dienone is 4. The van der Waals surface area contributed by atoms with Crippen molar-refractivity contribution in [3.63, 3.8) is 0 Å². The van der Waals surface area contributed by atoms with Gasteiger partial charge in [-0.2, -0.15) is 0 Å². The molecule has 0 spiro atoms. The van der Waals surface area contributed by atoms with Crippen LogP contribution in [0.4, 0.5) is 5.69 Å². The number of carbonyl (C=O) groups excluding carboxylic acids is 1. The van der Waals surface area contributed by atoms with Crippen molar-refractivity contribution < 1.29 is 4.79 Å². The molecule has 19 heavy (non-hydrogen) atoms. The quantitative estimate of drug-likeness (QED) is 0.788. The Balaban J connectivity index is 1.88. The number of aryl methyl sites for hydroxylation is 1. The number of hydrogen-bond donors (Lipinski definition) is 0. The predicted octanol–water partition coefficient (Wildman–Crippen LogP) is 3.41. The second-order valence-electron chi connectivity index (χ2n) is 4.91. The minimum absolute atomic E-state index is 0.227. The van der Waals surface area contributed by atoms with Gasteiger partial charge in [-0.15, -0.1) is 0 Å². The zero-order valence-corrected chi connectivity index (χ0v) is 10.9. The van der Waals surface area contributed by atoms with Crippen molar-refractivity contribution in [1.29, 1.82) is 0 Å². The lowest BCUT2D eigenvalue weighted by molar-refractivity contribution is -0.118. The first kappa shape index (κ1) is 12.0. The molecule has 1 aliphatic carbocycles. The highest BCUT2D eigenvalue weighted by Crippen LogP contribution is 2.28. The lowest BCUT2D eigenvalue weighted by Gasteiger charge is -2.29. The molecule has 0 bridgehead atoms. The SMILES string of the molecule is O=C1CCc2ccccc2N1CC1=CCC=CC=C1. The standard InChI is InChI=1S/C17H17NO/c19-17-12-11-15-9-5-6-10-16(15)18(17)13-14-7-3-1-2-4-8-14/h1-3,5-10H,4,11-13H2. The van der Waals surface area contributed by atoms with E-state index in [1.54, 1.807) is 0 Å². The molecule has 0 saturated heterocycles. The van der Waals surface area contributed by atoms with Crippen LogP contribution < -0.4 is 4.90 Å². The van der Waals surface area contributed by atoms with Crippen molar-refractivity contribution in [1.82, 2.24) is 0 Å². The first-order valence-electron chi connectivity index (χ1n) is 6.75. The molecular weight excluding hydrogens is 234 g/mol. The molecule has 96 valence electrons. The Bertz CT molecular complexity index is 581. The Labute approximate surface area is 113 Å². The molecule has 0 N–H and O–H groups in total. The van der Waals surface area contributed by atoms with E-state index in [0.29, 0.717) is 13.0 Å². The van der Waals surface area contributed by atoms with Crippen molar-refractivity contribution in [2.45, 2.75) is 19.3 Å². The summed E-state index contributed by atoms with van der Waals surface area (Å²) in [5.41, 5.74) is 3.55. The van der Waals surface area contributed by atoms with Crippen LogP contribution >= 0.6 is 0 Å². The topological polar surface area (TPSA) is 20.3 Å². The van der Waals surface area contributed by atoms with Crippen molar-refractivity contribution in [2.75, 3.05) is 11.4 Å². The molecule has 2 heteroatoms. The molecule has 1 aromatic rings. The first-order valence-corrected chi connectivity index (χ1v) is 6.75. The molecule has 2 nitrogen and oxygen atoms in total. The number of benzene rings is 1. The molecule has 1 amide bonds. The van der Waals surface area contributed by atoms with Gasteiger partial charge >= 0.3 is 0 Å². The van der Waals surface area contributed by atoms with Crippen LogP contribution in [0.25, 0.3) is 0 Å². The van der Waals surface area contributed by atoms with Crippen LogP contribution in [0.2, 0.25) is 0 Å². The van der Waals surface area contributed by atoms with Gasteiger partial charge in [-0.1, -0.05) is 48.6 Å². The molecule has 0 saturated carbocycles. The number of rotatable bonds is 2. The summed E-state index contributed by atoms with van der Waals surface area (Å²) >= 11 is 0. The maximum atomic E-state index is 12.2. The Morgan fingerprint density at radius 2 is 2.00 bits per heavy atom. The zero-order valence-electron chi connectivity index (χ0n) is 10.9. The summed E-state index contributed by atoms with van der Waals surface area (Å²) in [4.78, 5) is 14.1. The maximum absolute atomic E-state index is 12.2. The largest absolute Gasteiger partial charge is 0.308 e. The van der Waals surface area contributed by atoms with Gasteiger partial charge in [-0.05, 0) is 30.0 Å². The van der Waals surface area contributed by atoms with Crippen molar-refractivity contribution >= 4 is 11.6 Å². The second-order valence-corrected chi connectivity index (χ2v) is 4.91. The van der Waals surface area contributed by atoms with E-state index in [4.69, 9.17) is 0 Å². The fraction of sp³-hybridized carbons (Fsp3) is 0.235. The summed E-state index contributed by atoms with van der Waals surface area (Å²) in [6, 6.07) is 8.21. The molecular formula is C17H17NO. The Morgan fingerprint density at radius 1 is 1.11 bits per heavy atom. The van der Waals surface area contributed by atoms with Gasteiger partial charge in [0.15, 0.2) is 0 Å². The summed E-state index contributed by atoms with van der Waals surface area (Å²) in [6.07, 6.45) is 12.9. The number of anilines is 1. The van der Waals surface area contributed by atoms with Gasteiger partial charge in [-0.25, -0.2) is 0 Å². The Morgan fingerprint density at radius 3 is 2.95 bits per heavy atom. The van der Waals surface area contributed by atoms with E-state index < -0.39 is 0 Å². The monoisotopic (exact) mass is 251 g/mol. The fourth-order valence-electron chi connectivity index (χ4n) is 2.59. The van der Waals surface area contributed by atoms with E-state index in [9.17, 15) is 4.79 Å². The number of para-hydroxylation sites is 1. The highest BCUT2D eigenvalue weighted by molar-refractivity contribution is 5.96. The van der Waals surface area contributed by atoms with Crippen molar-refractivity contribution in [2.24, 2.45) is 0 Å². The molecule has 0 unspecified atom stereocenters. The molecule has 0 aromatic heterocycles. The van der Waals surface area contributed by atoms with Gasteiger partial charge in [0.25, 0.3) is 0 Å². The minimum Gasteiger partial charge on any atom is -0.308 e. The van der Waals surface area contributed by atoms with Crippen LogP contribution in [0.5, 0.6) is 0 Å². The minimum atomic E-state index is 0.227. The van der Waals surface area contributed by atoms with Crippen molar-refractivity contribution in [3.05, 3.63) is 65.8 Å². The summed E-state index contributed by atoms with van der Waals surface area (Å²) in [5, 5.41) is 0. The van der Waals surface area contributed by atoms with E-state index in [2.05, 4.69) is 30.4 Å². The van der Waals surface area contributed by atoms with E-state index in [0.717, 1.165) is 18.5 Å². The van der Waals surface area contributed by atoms with E-state index >= 15 is 0 Å². The average molecular weight is 251 g/mol. The van der Waals surface area contributed by atoms with Gasteiger partial charge in [-0.3, -0.25) is 4.79 Å².